The van der Waals surface area contributed by atoms with E-state index in [0.29, 0.717) is 35.4 Å². The normalized spacial score (nSPS) is 14.1. The molecule has 11 heteroatoms. The van der Waals surface area contributed by atoms with Crippen molar-refractivity contribution in [3.05, 3.63) is 60.2 Å². The van der Waals surface area contributed by atoms with Crippen molar-refractivity contribution in [3.8, 4) is 22.9 Å². The monoisotopic (exact) mass is 465 g/mol. The predicted octanol–water partition coefficient (Wildman–Crippen LogP) is 2.18. The molecule has 10 nitrogen and oxygen atoms in total. The molecule has 0 bridgehead atoms. The van der Waals surface area contributed by atoms with Gasteiger partial charge in [0.15, 0.2) is 0 Å². The van der Waals surface area contributed by atoms with Crippen LogP contribution in [-0.2, 0) is 0 Å². The SMILES string of the molecule is COc1cnc(F)c(/C=N/NC(=O)c2cncc(-c3ccc(OCCC4CN(C)C4)nc3)n2)c1. The third kappa shape index (κ3) is 5.87. The summed E-state index contributed by atoms with van der Waals surface area (Å²) >= 11 is 0. The Morgan fingerprint density at radius 3 is 2.85 bits per heavy atom. The molecule has 1 saturated heterocycles. The largest absolute Gasteiger partial charge is 0.495 e. The number of hydrazone groups is 1. The first-order chi connectivity index (χ1) is 16.5. The maximum atomic E-state index is 13.7. The smallest absolute Gasteiger partial charge is 0.291 e. The summed E-state index contributed by atoms with van der Waals surface area (Å²) in [6.07, 6.45) is 7.83. The lowest BCUT2D eigenvalue weighted by atomic mass is 9.98. The molecule has 3 aromatic rings. The van der Waals surface area contributed by atoms with E-state index in [2.05, 4.69) is 42.4 Å². The van der Waals surface area contributed by atoms with Crippen LogP contribution in [0.4, 0.5) is 4.39 Å². The first-order valence-corrected chi connectivity index (χ1v) is 10.6. The van der Waals surface area contributed by atoms with Crippen LogP contribution in [0.25, 0.3) is 11.3 Å². The zero-order chi connectivity index (χ0) is 23.9. The molecular weight excluding hydrogens is 441 g/mol. The van der Waals surface area contributed by atoms with E-state index in [1.165, 1.54) is 31.8 Å². The third-order valence-electron chi connectivity index (χ3n) is 5.26. The highest BCUT2D eigenvalue weighted by Crippen LogP contribution is 2.20. The van der Waals surface area contributed by atoms with E-state index in [0.717, 1.165) is 25.7 Å². The molecule has 1 amide bonds. The van der Waals surface area contributed by atoms with Gasteiger partial charge in [0.05, 0.1) is 49.8 Å². The zero-order valence-corrected chi connectivity index (χ0v) is 18.8. The van der Waals surface area contributed by atoms with Crippen LogP contribution in [0.1, 0.15) is 22.5 Å². The van der Waals surface area contributed by atoms with E-state index in [1.54, 1.807) is 12.3 Å². The van der Waals surface area contributed by atoms with Gasteiger partial charge < -0.3 is 14.4 Å². The Labute approximate surface area is 195 Å². The van der Waals surface area contributed by atoms with E-state index in [4.69, 9.17) is 9.47 Å². The molecule has 1 aliphatic rings. The molecule has 0 spiro atoms. The maximum absolute atomic E-state index is 13.7. The highest BCUT2D eigenvalue weighted by molar-refractivity contribution is 5.93. The van der Waals surface area contributed by atoms with Gasteiger partial charge in [0.2, 0.25) is 11.8 Å². The Morgan fingerprint density at radius 1 is 1.26 bits per heavy atom. The molecule has 1 N–H and O–H groups in total. The van der Waals surface area contributed by atoms with E-state index in [-0.39, 0.29) is 11.3 Å². The van der Waals surface area contributed by atoms with E-state index >= 15 is 0 Å². The zero-order valence-electron chi connectivity index (χ0n) is 18.8. The molecule has 1 aliphatic heterocycles. The summed E-state index contributed by atoms with van der Waals surface area (Å²) in [6, 6.07) is 4.98. The highest BCUT2D eigenvalue weighted by atomic mass is 19.1. The minimum Gasteiger partial charge on any atom is -0.495 e. The van der Waals surface area contributed by atoms with Gasteiger partial charge in [0.1, 0.15) is 11.4 Å². The molecular formula is C23H24FN7O3. The molecule has 0 atom stereocenters. The van der Waals surface area contributed by atoms with Gasteiger partial charge in [0, 0.05) is 30.9 Å². The quantitative estimate of drug-likeness (QED) is 0.291. The number of likely N-dealkylation sites (tertiary alicyclic amines) is 1. The number of nitrogens with zero attached hydrogens (tertiary/aromatic N) is 6. The van der Waals surface area contributed by atoms with Crippen LogP contribution < -0.4 is 14.9 Å². The fourth-order valence-corrected chi connectivity index (χ4v) is 3.44. The summed E-state index contributed by atoms with van der Waals surface area (Å²) in [7, 11) is 3.54. The Hall–Kier alpha value is -3.99. The molecule has 3 aromatic heterocycles. The first-order valence-electron chi connectivity index (χ1n) is 10.6. The molecule has 176 valence electrons. The fourth-order valence-electron chi connectivity index (χ4n) is 3.44. The van der Waals surface area contributed by atoms with Crippen molar-refractivity contribution in [2.45, 2.75) is 6.42 Å². The summed E-state index contributed by atoms with van der Waals surface area (Å²) in [4.78, 5) is 30.9. The summed E-state index contributed by atoms with van der Waals surface area (Å²) < 4.78 is 24.5. The van der Waals surface area contributed by atoms with Crippen LogP contribution >= 0.6 is 0 Å². The van der Waals surface area contributed by atoms with Gasteiger partial charge in [-0.3, -0.25) is 9.78 Å². The first kappa shape index (κ1) is 23.2. The molecule has 4 rings (SSSR count). The van der Waals surface area contributed by atoms with Crippen molar-refractivity contribution in [2.75, 3.05) is 33.9 Å². The maximum Gasteiger partial charge on any atom is 0.291 e. The molecule has 0 saturated carbocycles. The van der Waals surface area contributed by atoms with Gasteiger partial charge in [-0.2, -0.15) is 9.49 Å². The van der Waals surface area contributed by atoms with Crippen molar-refractivity contribution >= 4 is 12.1 Å². The van der Waals surface area contributed by atoms with Crippen LogP contribution in [0, 0.1) is 11.9 Å². The Kier molecular flexibility index (Phi) is 7.33. The van der Waals surface area contributed by atoms with Crippen LogP contribution in [0.5, 0.6) is 11.6 Å². The third-order valence-corrected chi connectivity index (χ3v) is 5.26. The number of amides is 1. The Morgan fingerprint density at radius 2 is 2.12 bits per heavy atom. The van der Waals surface area contributed by atoms with E-state index in [1.807, 2.05) is 6.07 Å². The van der Waals surface area contributed by atoms with Crippen molar-refractivity contribution in [1.82, 2.24) is 30.3 Å². The number of nitrogens with one attached hydrogen (secondary N) is 1. The molecule has 34 heavy (non-hydrogen) atoms. The Balaban J connectivity index is 1.34. The van der Waals surface area contributed by atoms with Crippen LogP contribution in [0.2, 0.25) is 0 Å². The number of ether oxygens (including phenoxy) is 2. The van der Waals surface area contributed by atoms with Gasteiger partial charge in [0.25, 0.3) is 5.91 Å². The second-order valence-corrected chi connectivity index (χ2v) is 7.85. The average Bonchev–Trinajstić information content (AvgIpc) is 2.84. The summed E-state index contributed by atoms with van der Waals surface area (Å²) in [6.45, 7) is 2.84. The number of hydrogen-bond donors (Lipinski definition) is 1. The molecule has 1 fully saturated rings. The number of halogens is 1. The number of aromatic nitrogens is 4. The molecule has 0 aromatic carbocycles. The highest BCUT2D eigenvalue weighted by Gasteiger charge is 2.22. The molecule has 4 heterocycles. The average molecular weight is 465 g/mol. The van der Waals surface area contributed by atoms with Crippen LogP contribution in [-0.4, -0.2) is 70.8 Å². The topological polar surface area (TPSA) is 115 Å². The number of carbonyl (C=O) groups is 1. The van der Waals surface area contributed by atoms with Crippen LogP contribution in [0.15, 0.2) is 48.1 Å². The van der Waals surface area contributed by atoms with Gasteiger partial charge >= 0.3 is 0 Å². The molecule has 0 radical (unpaired) electrons. The summed E-state index contributed by atoms with van der Waals surface area (Å²) in [5.41, 5.74) is 3.56. The van der Waals surface area contributed by atoms with Crippen molar-refractivity contribution < 1.29 is 18.7 Å². The van der Waals surface area contributed by atoms with Gasteiger partial charge in [-0.25, -0.2) is 20.4 Å². The Bertz CT molecular complexity index is 1170. The minimum atomic E-state index is -0.740. The van der Waals surface area contributed by atoms with Gasteiger partial charge in [-0.05, 0) is 31.5 Å². The van der Waals surface area contributed by atoms with Gasteiger partial charge in [-0.15, -0.1) is 0 Å². The van der Waals surface area contributed by atoms with Crippen molar-refractivity contribution in [3.63, 3.8) is 0 Å². The number of hydrogen-bond acceptors (Lipinski definition) is 9. The predicted molar refractivity (Wildman–Crippen MR) is 122 cm³/mol. The minimum absolute atomic E-state index is 0.0460. The number of carbonyl (C=O) groups excluding carboxylic acids is 1. The lowest BCUT2D eigenvalue weighted by Gasteiger charge is -2.36. The van der Waals surface area contributed by atoms with Crippen LogP contribution in [0.3, 0.4) is 0 Å². The lowest BCUT2D eigenvalue weighted by molar-refractivity contribution is 0.0950. The fraction of sp³-hybridized carbons (Fsp3) is 0.304. The molecule has 0 unspecified atom stereocenters. The number of pyridine rings is 2. The standard InChI is InChI=1S/C23H24FN7O3/c1-31-13-15(14-31)5-6-34-21-4-3-16(8-26-21)19-11-25-12-20(29-19)23(32)30-28-9-17-7-18(33-2)10-27-22(17)24/h3-4,7-12,15H,5-6,13-14H2,1-2H3,(H,30,32)/b28-9+. The van der Waals surface area contributed by atoms with Crippen molar-refractivity contribution in [1.29, 1.82) is 0 Å². The second-order valence-electron chi connectivity index (χ2n) is 7.85. The number of rotatable bonds is 9. The number of methoxy groups -OCH3 is 1. The van der Waals surface area contributed by atoms with Crippen molar-refractivity contribution in [2.24, 2.45) is 11.0 Å². The second kappa shape index (κ2) is 10.8. The summed E-state index contributed by atoms with van der Waals surface area (Å²) in [5.74, 6) is 0.243. The van der Waals surface area contributed by atoms with E-state index in [9.17, 15) is 9.18 Å². The summed E-state index contributed by atoms with van der Waals surface area (Å²) in [5, 5.41) is 3.76. The lowest BCUT2D eigenvalue weighted by Crippen LogP contribution is -2.44. The van der Waals surface area contributed by atoms with Gasteiger partial charge in [-0.1, -0.05) is 0 Å². The molecule has 0 aliphatic carbocycles. The van der Waals surface area contributed by atoms with E-state index < -0.39 is 11.9 Å².